The maximum atomic E-state index is 6.57. The number of rotatable bonds is 4. The van der Waals surface area contributed by atoms with Gasteiger partial charge >= 0.3 is 0 Å². The van der Waals surface area contributed by atoms with E-state index in [2.05, 4.69) is 38.1 Å². The molecule has 0 aliphatic rings. The predicted molar refractivity (Wildman–Crippen MR) is 89.0 cm³/mol. The molecule has 0 nitrogen and oxygen atoms in total. The van der Waals surface area contributed by atoms with Gasteiger partial charge < -0.3 is 0 Å². The molecular weight excluding hydrogens is 287 g/mol. The Labute approximate surface area is 131 Å². The molecule has 0 amide bonds. The fraction of sp³-hybridized carbons (Fsp3) is 0.333. The molecule has 0 spiro atoms. The normalized spacial score (nSPS) is 14.1. The number of aryl methyl sites for hydroxylation is 1. The van der Waals surface area contributed by atoms with Crippen molar-refractivity contribution < 1.29 is 0 Å². The van der Waals surface area contributed by atoms with Crippen LogP contribution in [-0.2, 0) is 0 Å². The van der Waals surface area contributed by atoms with Crippen molar-refractivity contribution in [2.45, 2.75) is 38.5 Å². The minimum Gasteiger partial charge on any atom is -0.113 e. The van der Waals surface area contributed by atoms with Gasteiger partial charge in [-0.1, -0.05) is 61.8 Å². The van der Waals surface area contributed by atoms with Crippen molar-refractivity contribution in [2.75, 3.05) is 0 Å². The monoisotopic (exact) mass is 306 g/mol. The van der Waals surface area contributed by atoms with Crippen LogP contribution in [0.3, 0.4) is 0 Å². The van der Waals surface area contributed by atoms with E-state index in [4.69, 9.17) is 23.2 Å². The molecule has 0 aliphatic heterocycles. The Morgan fingerprint density at radius 2 is 1.60 bits per heavy atom. The third kappa shape index (κ3) is 3.37. The molecule has 0 saturated carbocycles. The van der Waals surface area contributed by atoms with Crippen molar-refractivity contribution in [2.24, 2.45) is 0 Å². The van der Waals surface area contributed by atoms with Crippen LogP contribution in [0.2, 0.25) is 5.02 Å². The standard InChI is InChI=1S/C18H20Cl2/c1-4-13(3)14-6-8-15(9-7-14)18(20)16-10-5-12(2)11-17(16)19/h5-11,13,18H,4H2,1-3H3. The highest BCUT2D eigenvalue weighted by atomic mass is 35.5. The molecule has 2 heteroatoms. The summed E-state index contributed by atoms with van der Waals surface area (Å²) in [5, 5.41) is 0.532. The molecule has 0 bridgehead atoms. The van der Waals surface area contributed by atoms with Crippen molar-refractivity contribution in [3.63, 3.8) is 0 Å². The van der Waals surface area contributed by atoms with Crippen molar-refractivity contribution in [1.29, 1.82) is 0 Å². The first-order valence-electron chi connectivity index (χ1n) is 7.03. The molecule has 0 saturated heterocycles. The van der Waals surface area contributed by atoms with Crippen LogP contribution in [0, 0.1) is 6.92 Å². The van der Waals surface area contributed by atoms with E-state index in [1.165, 1.54) is 5.56 Å². The van der Waals surface area contributed by atoms with Gasteiger partial charge in [-0.2, -0.15) is 0 Å². The molecule has 0 fully saturated rings. The Balaban J connectivity index is 2.26. The summed E-state index contributed by atoms with van der Waals surface area (Å²) in [6, 6.07) is 14.6. The first kappa shape index (κ1) is 15.4. The zero-order valence-corrected chi connectivity index (χ0v) is 13.7. The Morgan fingerprint density at radius 1 is 1.00 bits per heavy atom. The van der Waals surface area contributed by atoms with Gasteiger partial charge in [0.2, 0.25) is 0 Å². The first-order valence-corrected chi connectivity index (χ1v) is 7.84. The second-order valence-corrected chi connectivity index (χ2v) is 6.21. The maximum Gasteiger partial charge on any atom is 0.0849 e. The highest BCUT2D eigenvalue weighted by Crippen LogP contribution is 2.34. The second kappa shape index (κ2) is 6.65. The molecule has 0 aliphatic carbocycles. The van der Waals surface area contributed by atoms with E-state index < -0.39 is 0 Å². The van der Waals surface area contributed by atoms with E-state index in [1.807, 2.05) is 25.1 Å². The van der Waals surface area contributed by atoms with Gasteiger partial charge in [0.15, 0.2) is 0 Å². The van der Waals surface area contributed by atoms with Gasteiger partial charge in [0.1, 0.15) is 0 Å². The lowest BCUT2D eigenvalue weighted by atomic mass is 9.95. The molecule has 106 valence electrons. The fourth-order valence-corrected chi connectivity index (χ4v) is 2.98. The molecule has 0 radical (unpaired) electrons. The molecule has 0 N–H and O–H groups in total. The van der Waals surface area contributed by atoms with E-state index in [0.29, 0.717) is 5.92 Å². The minimum atomic E-state index is -0.200. The summed E-state index contributed by atoms with van der Waals surface area (Å²) in [6.07, 6.45) is 1.15. The third-order valence-corrected chi connectivity index (χ3v) is 4.65. The SMILES string of the molecule is CCC(C)c1ccc(C(Cl)c2ccc(C)cc2Cl)cc1. The molecule has 2 aromatic rings. The molecule has 0 heterocycles. The van der Waals surface area contributed by atoms with Gasteiger partial charge in [0.05, 0.1) is 5.38 Å². The molecule has 2 aromatic carbocycles. The highest BCUT2D eigenvalue weighted by Gasteiger charge is 2.14. The third-order valence-electron chi connectivity index (χ3n) is 3.84. The van der Waals surface area contributed by atoms with Gasteiger partial charge in [-0.3, -0.25) is 0 Å². The van der Waals surface area contributed by atoms with Crippen LogP contribution in [-0.4, -0.2) is 0 Å². The summed E-state index contributed by atoms with van der Waals surface area (Å²) in [7, 11) is 0. The summed E-state index contributed by atoms with van der Waals surface area (Å²) < 4.78 is 0. The van der Waals surface area contributed by atoms with Gasteiger partial charge in [-0.25, -0.2) is 0 Å². The van der Waals surface area contributed by atoms with Crippen LogP contribution in [0.25, 0.3) is 0 Å². The van der Waals surface area contributed by atoms with Gasteiger partial charge in [0, 0.05) is 5.02 Å². The number of benzene rings is 2. The molecule has 0 aromatic heterocycles. The van der Waals surface area contributed by atoms with Crippen molar-refractivity contribution in [1.82, 2.24) is 0 Å². The van der Waals surface area contributed by atoms with E-state index in [-0.39, 0.29) is 5.38 Å². The quantitative estimate of drug-likeness (QED) is 0.566. The average Bonchev–Trinajstić information content (AvgIpc) is 2.46. The molecule has 2 unspecified atom stereocenters. The molecule has 2 rings (SSSR count). The average molecular weight is 307 g/mol. The second-order valence-electron chi connectivity index (χ2n) is 5.36. The van der Waals surface area contributed by atoms with E-state index >= 15 is 0 Å². The lowest BCUT2D eigenvalue weighted by molar-refractivity contribution is 0.733. The van der Waals surface area contributed by atoms with Crippen LogP contribution >= 0.6 is 23.2 Å². The maximum absolute atomic E-state index is 6.57. The fourth-order valence-electron chi connectivity index (χ4n) is 2.25. The molecule has 2 atom stereocenters. The zero-order chi connectivity index (χ0) is 14.7. The smallest absolute Gasteiger partial charge is 0.0849 e. The lowest BCUT2D eigenvalue weighted by Crippen LogP contribution is -1.97. The zero-order valence-electron chi connectivity index (χ0n) is 12.2. The van der Waals surface area contributed by atoms with Crippen LogP contribution in [0.4, 0.5) is 0 Å². The summed E-state index contributed by atoms with van der Waals surface area (Å²) in [5.74, 6) is 0.584. The largest absolute Gasteiger partial charge is 0.113 e. The van der Waals surface area contributed by atoms with Crippen LogP contribution in [0.5, 0.6) is 0 Å². The molecular formula is C18H20Cl2. The van der Waals surface area contributed by atoms with E-state index in [9.17, 15) is 0 Å². The Hall–Kier alpha value is -0.980. The van der Waals surface area contributed by atoms with Gasteiger partial charge in [0.25, 0.3) is 0 Å². The van der Waals surface area contributed by atoms with E-state index in [0.717, 1.165) is 28.1 Å². The van der Waals surface area contributed by atoms with Crippen molar-refractivity contribution >= 4 is 23.2 Å². The number of halogens is 2. The summed E-state index contributed by atoms with van der Waals surface area (Å²) in [4.78, 5) is 0. The lowest BCUT2D eigenvalue weighted by Gasteiger charge is -2.15. The van der Waals surface area contributed by atoms with Crippen LogP contribution in [0.15, 0.2) is 42.5 Å². The van der Waals surface area contributed by atoms with Crippen LogP contribution in [0.1, 0.15) is 53.8 Å². The Kier molecular flexibility index (Phi) is 5.12. The van der Waals surface area contributed by atoms with Crippen molar-refractivity contribution in [3.05, 3.63) is 69.7 Å². The Bertz CT molecular complexity index is 572. The Morgan fingerprint density at radius 3 is 2.15 bits per heavy atom. The van der Waals surface area contributed by atoms with Crippen LogP contribution < -0.4 is 0 Å². The number of alkyl halides is 1. The molecule has 20 heavy (non-hydrogen) atoms. The first-order chi connectivity index (χ1) is 9.52. The van der Waals surface area contributed by atoms with Gasteiger partial charge in [-0.05, 0) is 47.6 Å². The predicted octanol–water partition coefficient (Wildman–Crippen LogP) is 6.49. The summed E-state index contributed by atoms with van der Waals surface area (Å²) in [6.45, 7) is 6.47. The van der Waals surface area contributed by atoms with E-state index in [1.54, 1.807) is 0 Å². The number of hydrogen-bond donors (Lipinski definition) is 0. The van der Waals surface area contributed by atoms with Gasteiger partial charge in [-0.15, -0.1) is 11.6 Å². The number of hydrogen-bond acceptors (Lipinski definition) is 0. The topological polar surface area (TPSA) is 0 Å². The van der Waals surface area contributed by atoms with Crippen molar-refractivity contribution in [3.8, 4) is 0 Å². The summed E-state index contributed by atoms with van der Waals surface area (Å²) >= 11 is 12.9. The minimum absolute atomic E-state index is 0.200. The highest BCUT2D eigenvalue weighted by molar-refractivity contribution is 6.33. The summed E-state index contributed by atoms with van der Waals surface area (Å²) in [5.41, 5.74) is 4.56.